The van der Waals surface area contributed by atoms with Gasteiger partial charge < -0.3 is 9.64 Å². The van der Waals surface area contributed by atoms with E-state index < -0.39 is 0 Å². The smallest absolute Gasteiger partial charge is 0.223 e. The van der Waals surface area contributed by atoms with Crippen molar-refractivity contribution in [3.63, 3.8) is 0 Å². The molecule has 3 nitrogen and oxygen atoms in total. The van der Waals surface area contributed by atoms with E-state index in [0.29, 0.717) is 6.42 Å². The van der Waals surface area contributed by atoms with E-state index in [4.69, 9.17) is 4.74 Å². The predicted octanol–water partition coefficient (Wildman–Crippen LogP) is 3.48. The number of likely N-dealkylation sites (tertiary alicyclic amines) is 1. The first-order valence-electron chi connectivity index (χ1n) is 7.54. The average Bonchev–Trinajstić information content (AvgIpc) is 2.76. The monoisotopic (exact) mass is 269 g/mol. The Bertz CT molecular complexity index is 310. The van der Waals surface area contributed by atoms with Gasteiger partial charge in [0.15, 0.2) is 0 Å². The highest BCUT2D eigenvalue weighted by molar-refractivity contribution is 5.77. The van der Waals surface area contributed by atoms with E-state index in [1.165, 1.54) is 6.42 Å². The van der Waals surface area contributed by atoms with Gasteiger partial charge in [0.2, 0.25) is 5.91 Å². The van der Waals surface area contributed by atoms with Crippen LogP contribution in [0.4, 0.5) is 0 Å². The highest BCUT2D eigenvalue weighted by Gasteiger charge is 2.39. The Morgan fingerprint density at radius 3 is 2.37 bits per heavy atom. The van der Waals surface area contributed by atoms with Crippen LogP contribution in [-0.4, -0.2) is 37.1 Å². The summed E-state index contributed by atoms with van der Waals surface area (Å²) in [5.41, 5.74) is 0.225. The number of carbonyl (C=O) groups excluding carboxylic acids is 1. The number of carbonyl (C=O) groups is 1. The zero-order valence-corrected chi connectivity index (χ0v) is 13.6. The Morgan fingerprint density at radius 2 is 1.89 bits per heavy atom. The second-order valence-corrected chi connectivity index (χ2v) is 7.18. The lowest BCUT2D eigenvalue weighted by Crippen LogP contribution is -2.39. The number of nitrogens with zero attached hydrogens (tertiary/aromatic N) is 1. The van der Waals surface area contributed by atoms with Crippen molar-refractivity contribution in [2.24, 2.45) is 10.8 Å². The molecule has 19 heavy (non-hydrogen) atoms. The summed E-state index contributed by atoms with van der Waals surface area (Å²) in [7, 11) is 1.73. The molecule has 1 aliphatic heterocycles. The molecule has 1 heterocycles. The second kappa shape index (κ2) is 6.25. The minimum Gasteiger partial charge on any atom is -0.380 e. The Hall–Kier alpha value is -0.570. The second-order valence-electron chi connectivity index (χ2n) is 7.18. The van der Waals surface area contributed by atoms with Crippen LogP contribution >= 0.6 is 0 Å². The highest BCUT2D eigenvalue weighted by atomic mass is 16.5. The average molecular weight is 269 g/mol. The molecule has 1 unspecified atom stereocenters. The third-order valence-electron chi connectivity index (χ3n) is 5.13. The molecule has 1 aliphatic rings. The quantitative estimate of drug-likeness (QED) is 0.739. The number of methoxy groups -OCH3 is 1. The molecule has 0 aromatic heterocycles. The Labute approximate surface area is 118 Å². The van der Waals surface area contributed by atoms with Crippen LogP contribution < -0.4 is 0 Å². The van der Waals surface area contributed by atoms with Gasteiger partial charge in [0.1, 0.15) is 0 Å². The molecule has 0 aliphatic carbocycles. The first kappa shape index (κ1) is 16.5. The van der Waals surface area contributed by atoms with Gasteiger partial charge in [-0.25, -0.2) is 0 Å². The molecule has 0 N–H and O–H groups in total. The predicted molar refractivity (Wildman–Crippen MR) is 79.1 cm³/mol. The topological polar surface area (TPSA) is 29.5 Å². The van der Waals surface area contributed by atoms with Crippen LogP contribution in [0.3, 0.4) is 0 Å². The van der Waals surface area contributed by atoms with Crippen molar-refractivity contribution in [1.29, 1.82) is 0 Å². The van der Waals surface area contributed by atoms with Gasteiger partial charge in [0.05, 0.1) is 6.10 Å². The van der Waals surface area contributed by atoms with Crippen molar-refractivity contribution in [2.45, 2.75) is 66.4 Å². The van der Waals surface area contributed by atoms with Crippen molar-refractivity contribution < 1.29 is 9.53 Å². The fraction of sp³-hybridized carbons (Fsp3) is 0.938. The van der Waals surface area contributed by atoms with Gasteiger partial charge in [-0.2, -0.15) is 0 Å². The molecule has 0 radical (unpaired) electrons. The van der Waals surface area contributed by atoms with Gasteiger partial charge in [-0.1, -0.05) is 41.0 Å². The van der Waals surface area contributed by atoms with Crippen molar-refractivity contribution in [3.05, 3.63) is 0 Å². The maximum absolute atomic E-state index is 12.4. The van der Waals surface area contributed by atoms with E-state index in [2.05, 4.69) is 34.6 Å². The molecule has 112 valence electrons. The molecule has 0 aromatic carbocycles. The number of hydrogen-bond acceptors (Lipinski definition) is 2. The van der Waals surface area contributed by atoms with Crippen molar-refractivity contribution >= 4 is 5.91 Å². The molecule has 1 amide bonds. The molecule has 1 rings (SSSR count). The van der Waals surface area contributed by atoms with Crippen LogP contribution in [0.25, 0.3) is 0 Å². The zero-order chi connectivity index (χ0) is 14.7. The molecule has 3 heteroatoms. The van der Waals surface area contributed by atoms with Gasteiger partial charge in [-0.05, 0) is 23.7 Å². The fourth-order valence-electron chi connectivity index (χ4n) is 2.84. The van der Waals surface area contributed by atoms with E-state index in [9.17, 15) is 4.79 Å². The number of ether oxygens (including phenoxy) is 1. The van der Waals surface area contributed by atoms with Crippen LogP contribution in [0.1, 0.15) is 60.3 Å². The molecule has 1 saturated heterocycles. The summed E-state index contributed by atoms with van der Waals surface area (Å²) in [6.07, 6.45) is 4.17. The van der Waals surface area contributed by atoms with Crippen LogP contribution in [0.15, 0.2) is 0 Å². The summed E-state index contributed by atoms with van der Waals surface area (Å²) in [4.78, 5) is 14.4. The van der Waals surface area contributed by atoms with E-state index in [1.807, 2.05) is 4.90 Å². The summed E-state index contributed by atoms with van der Waals surface area (Å²) in [6, 6.07) is 0. The van der Waals surface area contributed by atoms with Gasteiger partial charge in [0.25, 0.3) is 0 Å². The van der Waals surface area contributed by atoms with Crippen LogP contribution in [-0.2, 0) is 9.53 Å². The first-order chi connectivity index (χ1) is 8.73. The molecule has 0 saturated carbocycles. The maximum atomic E-state index is 12.4. The summed E-state index contributed by atoms with van der Waals surface area (Å²) in [6.45, 7) is 12.8. The van der Waals surface area contributed by atoms with E-state index in [-0.39, 0.29) is 22.8 Å². The van der Waals surface area contributed by atoms with Crippen LogP contribution in [0.5, 0.6) is 0 Å². The minimum atomic E-state index is 0.0330. The maximum Gasteiger partial charge on any atom is 0.223 e. The van der Waals surface area contributed by atoms with Gasteiger partial charge >= 0.3 is 0 Å². The summed E-state index contributed by atoms with van der Waals surface area (Å²) >= 11 is 0. The molecular weight excluding hydrogens is 238 g/mol. The van der Waals surface area contributed by atoms with Gasteiger partial charge in [-0.15, -0.1) is 0 Å². The van der Waals surface area contributed by atoms with Crippen molar-refractivity contribution in [3.8, 4) is 0 Å². The van der Waals surface area contributed by atoms with E-state index >= 15 is 0 Å². The van der Waals surface area contributed by atoms with Gasteiger partial charge in [0, 0.05) is 26.6 Å². The fourth-order valence-corrected chi connectivity index (χ4v) is 2.84. The SMILES string of the molecule is CCCC(C)(C)C(C)(C)CC(=O)N1CCC(OC)C1. The Balaban J connectivity index is 2.60. The molecule has 0 spiro atoms. The Morgan fingerprint density at radius 1 is 1.26 bits per heavy atom. The summed E-state index contributed by atoms with van der Waals surface area (Å²) < 4.78 is 5.33. The highest BCUT2D eigenvalue weighted by Crippen LogP contribution is 2.45. The normalized spacial score (nSPS) is 20.9. The van der Waals surface area contributed by atoms with E-state index in [0.717, 1.165) is 25.9 Å². The first-order valence-corrected chi connectivity index (χ1v) is 7.54. The van der Waals surface area contributed by atoms with Crippen LogP contribution in [0.2, 0.25) is 0 Å². The lowest BCUT2D eigenvalue weighted by Gasteiger charge is -2.42. The Kier molecular flexibility index (Phi) is 5.43. The number of hydrogen-bond donors (Lipinski definition) is 0. The molecule has 0 bridgehead atoms. The van der Waals surface area contributed by atoms with Crippen molar-refractivity contribution in [1.82, 2.24) is 4.90 Å². The minimum absolute atomic E-state index is 0.0330. The summed E-state index contributed by atoms with van der Waals surface area (Å²) in [5, 5.41) is 0. The van der Waals surface area contributed by atoms with Gasteiger partial charge in [-0.3, -0.25) is 4.79 Å². The molecule has 1 fully saturated rings. The van der Waals surface area contributed by atoms with Crippen LogP contribution in [0, 0.1) is 10.8 Å². The third kappa shape index (κ3) is 3.95. The largest absolute Gasteiger partial charge is 0.380 e. The molecule has 0 aromatic rings. The van der Waals surface area contributed by atoms with E-state index in [1.54, 1.807) is 7.11 Å². The lowest BCUT2D eigenvalue weighted by molar-refractivity contribution is -0.134. The third-order valence-corrected chi connectivity index (χ3v) is 5.13. The number of amides is 1. The molecule has 1 atom stereocenters. The standard InChI is InChI=1S/C16H31NO2/c1-7-9-15(2,3)16(4,5)11-14(18)17-10-8-13(12-17)19-6/h13H,7-12H2,1-6H3. The molecular formula is C16H31NO2. The number of rotatable bonds is 6. The van der Waals surface area contributed by atoms with Crippen molar-refractivity contribution in [2.75, 3.05) is 20.2 Å². The summed E-state index contributed by atoms with van der Waals surface area (Å²) in [5.74, 6) is 0.286. The lowest BCUT2D eigenvalue weighted by atomic mass is 9.64. The zero-order valence-electron chi connectivity index (χ0n) is 13.6.